The standard InChI is InChI=1S/C13H19NO2/c1-4-6-11-12(16)8-7-10(9(3)15)13(11)14-5-2/h7-8,14,16H,4-6H2,1-3H3. The van der Waals surface area contributed by atoms with Gasteiger partial charge in [0.1, 0.15) is 5.75 Å². The molecule has 0 unspecified atom stereocenters. The molecule has 0 amide bonds. The van der Waals surface area contributed by atoms with Crippen molar-refractivity contribution >= 4 is 11.5 Å². The van der Waals surface area contributed by atoms with Gasteiger partial charge in [-0.3, -0.25) is 4.79 Å². The quantitative estimate of drug-likeness (QED) is 0.751. The Bertz CT molecular complexity index is 386. The molecule has 0 bridgehead atoms. The van der Waals surface area contributed by atoms with Crippen LogP contribution in [0.2, 0.25) is 0 Å². The van der Waals surface area contributed by atoms with Crippen molar-refractivity contribution in [2.24, 2.45) is 0 Å². The Morgan fingerprint density at radius 3 is 2.56 bits per heavy atom. The van der Waals surface area contributed by atoms with Crippen LogP contribution in [0, 0.1) is 0 Å². The summed E-state index contributed by atoms with van der Waals surface area (Å²) in [5.41, 5.74) is 2.29. The van der Waals surface area contributed by atoms with Gasteiger partial charge in [-0.25, -0.2) is 0 Å². The Morgan fingerprint density at radius 1 is 1.38 bits per heavy atom. The van der Waals surface area contributed by atoms with E-state index >= 15 is 0 Å². The molecule has 0 saturated heterocycles. The summed E-state index contributed by atoms with van der Waals surface area (Å²) >= 11 is 0. The molecule has 3 nitrogen and oxygen atoms in total. The van der Waals surface area contributed by atoms with Gasteiger partial charge in [0.15, 0.2) is 5.78 Å². The van der Waals surface area contributed by atoms with Crippen LogP contribution in [0.5, 0.6) is 5.75 Å². The van der Waals surface area contributed by atoms with Crippen LogP contribution in [0.25, 0.3) is 0 Å². The molecule has 0 heterocycles. The zero-order chi connectivity index (χ0) is 12.1. The van der Waals surface area contributed by atoms with E-state index in [0.29, 0.717) is 5.56 Å². The highest BCUT2D eigenvalue weighted by atomic mass is 16.3. The third kappa shape index (κ3) is 2.54. The number of anilines is 1. The maximum atomic E-state index is 11.5. The summed E-state index contributed by atoms with van der Waals surface area (Å²) in [7, 11) is 0. The third-order valence-electron chi connectivity index (χ3n) is 2.52. The smallest absolute Gasteiger partial charge is 0.161 e. The topological polar surface area (TPSA) is 49.3 Å². The van der Waals surface area contributed by atoms with Gasteiger partial charge >= 0.3 is 0 Å². The number of carbonyl (C=O) groups excluding carboxylic acids is 1. The van der Waals surface area contributed by atoms with Crippen LogP contribution in [0.15, 0.2) is 12.1 Å². The van der Waals surface area contributed by atoms with Gasteiger partial charge in [-0.15, -0.1) is 0 Å². The zero-order valence-corrected chi connectivity index (χ0v) is 10.1. The second kappa shape index (κ2) is 5.54. The van der Waals surface area contributed by atoms with E-state index in [0.717, 1.165) is 30.6 Å². The van der Waals surface area contributed by atoms with E-state index in [2.05, 4.69) is 12.2 Å². The van der Waals surface area contributed by atoms with Gasteiger partial charge in [-0.05, 0) is 32.4 Å². The van der Waals surface area contributed by atoms with Gasteiger partial charge in [-0.2, -0.15) is 0 Å². The minimum Gasteiger partial charge on any atom is -0.508 e. The van der Waals surface area contributed by atoms with Crippen LogP contribution < -0.4 is 5.32 Å². The summed E-state index contributed by atoms with van der Waals surface area (Å²) in [5.74, 6) is 0.288. The monoisotopic (exact) mass is 221 g/mol. The Labute approximate surface area is 96.5 Å². The first-order chi connectivity index (χ1) is 7.61. The van der Waals surface area contributed by atoms with Crippen molar-refractivity contribution in [3.8, 4) is 5.75 Å². The van der Waals surface area contributed by atoms with Crippen LogP contribution in [0.3, 0.4) is 0 Å². The maximum absolute atomic E-state index is 11.5. The molecule has 0 radical (unpaired) electrons. The number of carbonyl (C=O) groups is 1. The number of hydrogen-bond acceptors (Lipinski definition) is 3. The van der Waals surface area contributed by atoms with Crippen LogP contribution in [0.1, 0.15) is 43.1 Å². The molecule has 88 valence electrons. The normalized spacial score (nSPS) is 10.2. The van der Waals surface area contributed by atoms with E-state index < -0.39 is 0 Å². The molecule has 1 rings (SSSR count). The van der Waals surface area contributed by atoms with Crippen molar-refractivity contribution in [3.05, 3.63) is 23.3 Å². The fraction of sp³-hybridized carbons (Fsp3) is 0.462. The van der Waals surface area contributed by atoms with Crippen LogP contribution >= 0.6 is 0 Å². The number of phenols is 1. The Kier molecular flexibility index (Phi) is 4.35. The molecule has 0 atom stereocenters. The summed E-state index contributed by atoms with van der Waals surface area (Å²) < 4.78 is 0. The minimum absolute atomic E-state index is 0.0216. The van der Waals surface area contributed by atoms with E-state index in [1.165, 1.54) is 0 Å². The molecular formula is C13H19NO2. The lowest BCUT2D eigenvalue weighted by Gasteiger charge is -2.15. The fourth-order valence-electron chi connectivity index (χ4n) is 1.81. The second-order valence-corrected chi connectivity index (χ2v) is 3.82. The third-order valence-corrected chi connectivity index (χ3v) is 2.52. The molecule has 0 aliphatic carbocycles. The molecule has 3 heteroatoms. The number of rotatable bonds is 5. The minimum atomic E-state index is 0.0216. The first kappa shape index (κ1) is 12.6. The SMILES string of the molecule is CCCc1c(O)ccc(C(C)=O)c1NCC. The summed E-state index contributed by atoms with van der Waals surface area (Å²) in [4.78, 5) is 11.5. The summed E-state index contributed by atoms with van der Waals surface area (Å²) in [6.45, 7) is 6.31. The lowest BCUT2D eigenvalue weighted by Crippen LogP contribution is -2.07. The van der Waals surface area contributed by atoms with E-state index in [-0.39, 0.29) is 11.5 Å². The van der Waals surface area contributed by atoms with Crippen molar-refractivity contribution in [2.75, 3.05) is 11.9 Å². The first-order valence-electron chi connectivity index (χ1n) is 5.71. The highest BCUT2D eigenvalue weighted by Crippen LogP contribution is 2.30. The molecule has 2 N–H and O–H groups in total. The largest absolute Gasteiger partial charge is 0.508 e. The molecule has 0 aliphatic rings. The predicted molar refractivity (Wildman–Crippen MR) is 66.3 cm³/mol. The predicted octanol–water partition coefficient (Wildman–Crippen LogP) is 2.98. The number of ketones is 1. The highest BCUT2D eigenvalue weighted by Gasteiger charge is 2.14. The van der Waals surface area contributed by atoms with Crippen LogP contribution in [-0.4, -0.2) is 17.4 Å². The van der Waals surface area contributed by atoms with E-state index in [1.54, 1.807) is 19.1 Å². The van der Waals surface area contributed by atoms with E-state index in [1.807, 2.05) is 6.92 Å². The number of hydrogen-bond donors (Lipinski definition) is 2. The molecule has 1 aromatic rings. The molecule has 1 aromatic carbocycles. The summed E-state index contributed by atoms with van der Waals surface area (Å²) in [6.07, 6.45) is 1.71. The van der Waals surface area contributed by atoms with Gasteiger partial charge in [-0.1, -0.05) is 13.3 Å². The fourth-order valence-corrected chi connectivity index (χ4v) is 1.81. The van der Waals surface area contributed by atoms with Crippen molar-refractivity contribution in [1.29, 1.82) is 0 Å². The maximum Gasteiger partial charge on any atom is 0.161 e. The Hall–Kier alpha value is -1.51. The Morgan fingerprint density at radius 2 is 2.06 bits per heavy atom. The van der Waals surface area contributed by atoms with Gasteiger partial charge in [0, 0.05) is 17.7 Å². The van der Waals surface area contributed by atoms with Gasteiger partial charge in [0.05, 0.1) is 5.69 Å². The van der Waals surface area contributed by atoms with Crippen LogP contribution in [0.4, 0.5) is 5.69 Å². The number of benzene rings is 1. The van der Waals surface area contributed by atoms with Crippen molar-refractivity contribution in [1.82, 2.24) is 0 Å². The molecule has 0 fully saturated rings. The van der Waals surface area contributed by atoms with Crippen molar-refractivity contribution in [3.63, 3.8) is 0 Å². The number of Topliss-reactive ketones (excluding diaryl/α,β-unsaturated/α-hetero) is 1. The zero-order valence-electron chi connectivity index (χ0n) is 10.1. The average Bonchev–Trinajstić information content (AvgIpc) is 2.23. The summed E-state index contributed by atoms with van der Waals surface area (Å²) in [5, 5.41) is 13.0. The Balaban J connectivity index is 3.30. The summed E-state index contributed by atoms with van der Waals surface area (Å²) in [6, 6.07) is 3.28. The van der Waals surface area contributed by atoms with Gasteiger partial charge in [0.25, 0.3) is 0 Å². The average molecular weight is 221 g/mol. The van der Waals surface area contributed by atoms with Gasteiger partial charge in [0.2, 0.25) is 0 Å². The van der Waals surface area contributed by atoms with Crippen LogP contribution in [-0.2, 0) is 6.42 Å². The number of phenolic OH excluding ortho intramolecular Hbond substituents is 1. The highest BCUT2D eigenvalue weighted by molar-refractivity contribution is 6.00. The molecule has 0 aromatic heterocycles. The first-order valence-corrected chi connectivity index (χ1v) is 5.71. The lowest BCUT2D eigenvalue weighted by atomic mass is 9.99. The molecular weight excluding hydrogens is 202 g/mol. The van der Waals surface area contributed by atoms with Crippen molar-refractivity contribution in [2.45, 2.75) is 33.6 Å². The molecule has 0 saturated carbocycles. The van der Waals surface area contributed by atoms with E-state index in [4.69, 9.17) is 0 Å². The molecule has 0 aliphatic heterocycles. The van der Waals surface area contributed by atoms with Gasteiger partial charge < -0.3 is 10.4 Å². The second-order valence-electron chi connectivity index (χ2n) is 3.82. The number of nitrogens with one attached hydrogen (secondary N) is 1. The molecule has 0 spiro atoms. The lowest BCUT2D eigenvalue weighted by molar-refractivity contribution is 0.101. The number of aromatic hydroxyl groups is 1. The van der Waals surface area contributed by atoms with E-state index in [9.17, 15) is 9.90 Å². The molecule has 16 heavy (non-hydrogen) atoms. The van der Waals surface area contributed by atoms with Crippen molar-refractivity contribution < 1.29 is 9.90 Å².